The number of anilines is 2. The molecule has 28 heavy (non-hydrogen) atoms. The number of hydrogen-bond donors (Lipinski definition) is 2. The Kier molecular flexibility index (Phi) is 5.16. The van der Waals surface area contributed by atoms with E-state index in [1.165, 1.54) is 36.6 Å². The number of halogens is 4. The zero-order valence-electron chi connectivity index (χ0n) is 14.0. The zero-order valence-corrected chi connectivity index (χ0v) is 14.0. The van der Waals surface area contributed by atoms with E-state index in [0.29, 0.717) is 6.07 Å². The van der Waals surface area contributed by atoms with E-state index in [4.69, 9.17) is 4.42 Å². The van der Waals surface area contributed by atoms with Crippen molar-refractivity contribution in [1.82, 2.24) is 0 Å². The second kappa shape index (κ2) is 7.55. The smallest absolute Gasteiger partial charge is 0.418 e. The Morgan fingerprint density at radius 2 is 1.64 bits per heavy atom. The number of amides is 2. The number of nitrogens with one attached hydrogen (secondary N) is 2. The van der Waals surface area contributed by atoms with Gasteiger partial charge in [0.2, 0.25) is 0 Å². The van der Waals surface area contributed by atoms with Crippen LogP contribution in [0.5, 0.6) is 0 Å². The first-order valence-corrected chi connectivity index (χ1v) is 7.87. The Labute approximate surface area is 156 Å². The third kappa shape index (κ3) is 4.20. The molecule has 3 rings (SSSR count). The van der Waals surface area contributed by atoms with Crippen molar-refractivity contribution < 1.29 is 31.6 Å². The van der Waals surface area contributed by atoms with Crippen molar-refractivity contribution in [2.45, 2.75) is 6.18 Å². The molecule has 2 N–H and O–H groups in total. The SMILES string of the molecule is O=C(Nc1ccc(NC(=O)c2ccccc2F)c(C(F)(F)F)c1)c1ccco1. The molecule has 1 heterocycles. The van der Waals surface area contributed by atoms with E-state index in [1.807, 2.05) is 0 Å². The van der Waals surface area contributed by atoms with Gasteiger partial charge in [-0.15, -0.1) is 0 Å². The van der Waals surface area contributed by atoms with Crippen LogP contribution in [0.3, 0.4) is 0 Å². The molecule has 0 fully saturated rings. The van der Waals surface area contributed by atoms with Crippen LogP contribution in [-0.4, -0.2) is 11.8 Å². The van der Waals surface area contributed by atoms with Crippen molar-refractivity contribution in [3.05, 3.63) is 83.6 Å². The van der Waals surface area contributed by atoms with Crippen LogP contribution < -0.4 is 10.6 Å². The number of carbonyl (C=O) groups excluding carboxylic acids is 2. The maximum absolute atomic E-state index is 13.7. The summed E-state index contributed by atoms with van der Waals surface area (Å²) in [5, 5.41) is 4.32. The number of alkyl halides is 3. The molecule has 2 aromatic carbocycles. The third-order valence-corrected chi connectivity index (χ3v) is 3.69. The molecule has 3 aromatic rings. The minimum absolute atomic E-state index is 0.0782. The third-order valence-electron chi connectivity index (χ3n) is 3.69. The van der Waals surface area contributed by atoms with E-state index in [1.54, 1.807) is 0 Å². The maximum Gasteiger partial charge on any atom is 0.418 e. The van der Waals surface area contributed by atoms with Gasteiger partial charge in [0.1, 0.15) is 5.82 Å². The second-order valence-corrected chi connectivity index (χ2v) is 5.62. The molecule has 5 nitrogen and oxygen atoms in total. The van der Waals surface area contributed by atoms with Crippen LogP contribution in [-0.2, 0) is 6.18 Å². The molecular formula is C19H12F4N2O3. The average Bonchev–Trinajstić information content (AvgIpc) is 3.17. The molecule has 0 aliphatic heterocycles. The summed E-state index contributed by atoms with van der Waals surface area (Å²) in [6.07, 6.45) is -3.58. The predicted octanol–water partition coefficient (Wildman–Crippen LogP) is 4.94. The van der Waals surface area contributed by atoms with Gasteiger partial charge >= 0.3 is 6.18 Å². The monoisotopic (exact) mass is 392 g/mol. The lowest BCUT2D eigenvalue weighted by atomic mass is 10.1. The predicted molar refractivity (Wildman–Crippen MR) is 92.5 cm³/mol. The molecule has 9 heteroatoms. The second-order valence-electron chi connectivity index (χ2n) is 5.62. The molecule has 2 amide bonds. The van der Waals surface area contributed by atoms with Crippen LogP contribution in [0.4, 0.5) is 28.9 Å². The van der Waals surface area contributed by atoms with E-state index < -0.39 is 40.6 Å². The molecular weight excluding hydrogens is 380 g/mol. The van der Waals surface area contributed by atoms with Gasteiger partial charge in [0.05, 0.1) is 23.1 Å². The lowest BCUT2D eigenvalue weighted by Gasteiger charge is -2.16. The normalized spacial score (nSPS) is 11.1. The molecule has 0 unspecified atom stereocenters. The van der Waals surface area contributed by atoms with E-state index in [0.717, 1.165) is 18.2 Å². The first-order chi connectivity index (χ1) is 13.3. The van der Waals surface area contributed by atoms with Crippen molar-refractivity contribution in [3.63, 3.8) is 0 Å². The molecule has 0 saturated heterocycles. The number of carbonyl (C=O) groups is 2. The van der Waals surface area contributed by atoms with Crippen LogP contribution in [0.2, 0.25) is 0 Å². The van der Waals surface area contributed by atoms with Gasteiger partial charge in [-0.1, -0.05) is 12.1 Å². The first-order valence-electron chi connectivity index (χ1n) is 7.87. The van der Waals surface area contributed by atoms with Gasteiger partial charge < -0.3 is 15.1 Å². The molecule has 0 spiro atoms. The van der Waals surface area contributed by atoms with Gasteiger partial charge in [-0.25, -0.2) is 4.39 Å². The number of rotatable bonds is 4. The molecule has 0 atom stereocenters. The van der Waals surface area contributed by atoms with E-state index in [9.17, 15) is 27.2 Å². The summed E-state index contributed by atoms with van der Waals surface area (Å²) >= 11 is 0. The van der Waals surface area contributed by atoms with E-state index in [-0.39, 0.29) is 11.4 Å². The van der Waals surface area contributed by atoms with Gasteiger partial charge in [0.25, 0.3) is 11.8 Å². The minimum Gasteiger partial charge on any atom is -0.459 e. The lowest BCUT2D eigenvalue weighted by Crippen LogP contribution is -2.18. The topological polar surface area (TPSA) is 71.3 Å². The van der Waals surface area contributed by atoms with Crippen LogP contribution in [0.25, 0.3) is 0 Å². The molecule has 0 bridgehead atoms. The van der Waals surface area contributed by atoms with Crippen LogP contribution in [0.1, 0.15) is 26.5 Å². The highest BCUT2D eigenvalue weighted by atomic mass is 19.4. The summed E-state index contributed by atoms with van der Waals surface area (Å²) in [5.74, 6) is -2.71. The first kappa shape index (κ1) is 19.2. The van der Waals surface area contributed by atoms with E-state index in [2.05, 4.69) is 10.6 Å². The Hall–Kier alpha value is -3.62. The molecule has 0 saturated carbocycles. The van der Waals surface area contributed by atoms with Crippen molar-refractivity contribution >= 4 is 23.2 Å². The fraction of sp³-hybridized carbons (Fsp3) is 0.0526. The Balaban J connectivity index is 1.88. The Morgan fingerprint density at radius 1 is 0.893 bits per heavy atom. The summed E-state index contributed by atoms with van der Waals surface area (Å²) in [4.78, 5) is 24.1. The van der Waals surface area contributed by atoms with Crippen LogP contribution in [0.15, 0.2) is 65.3 Å². The van der Waals surface area contributed by atoms with Gasteiger partial charge in [-0.3, -0.25) is 9.59 Å². The van der Waals surface area contributed by atoms with Crippen LogP contribution in [0, 0.1) is 5.82 Å². The molecule has 144 valence electrons. The maximum atomic E-state index is 13.7. The van der Waals surface area contributed by atoms with Gasteiger partial charge in [-0.05, 0) is 42.5 Å². The van der Waals surface area contributed by atoms with Crippen molar-refractivity contribution in [2.24, 2.45) is 0 Å². The Morgan fingerprint density at radius 3 is 2.29 bits per heavy atom. The van der Waals surface area contributed by atoms with E-state index >= 15 is 0 Å². The number of benzene rings is 2. The number of furan rings is 1. The quantitative estimate of drug-likeness (QED) is 0.618. The highest BCUT2D eigenvalue weighted by Gasteiger charge is 2.34. The number of hydrogen-bond acceptors (Lipinski definition) is 3. The van der Waals surface area contributed by atoms with Gasteiger partial charge in [0.15, 0.2) is 5.76 Å². The zero-order chi connectivity index (χ0) is 20.3. The van der Waals surface area contributed by atoms with Crippen molar-refractivity contribution in [1.29, 1.82) is 0 Å². The molecule has 0 aliphatic rings. The molecule has 1 aromatic heterocycles. The largest absolute Gasteiger partial charge is 0.459 e. The van der Waals surface area contributed by atoms with Gasteiger partial charge in [0, 0.05) is 5.69 Å². The van der Waals surface area contributed by atoms with Crippen molar-refractivity contribution in [3.8, 4) is 0 Å². The lowest BCUT2D eigenvalue weighted by molar-refractivity contribution is -0.136. The fourth-order valence-corrected chi connectivity index (χ4v) is 2.40. The summed E-state index contributed by atoms with van der Waals surface area (Å²) in [7, 11) is 0. The highest BCUT2D eigenvalue weighted by Crippen LogP contribution is 2.37. The van der Waals surface area contributed by atoms with Crippen LogP contribution >= 0.6 is 0 Å². The fourth-order valence-electron chi connectivity index (χ4n) is 2.40. The highest BCUT2D eigenvalue weighted by molar-refractivity contribution is 6.05. The standard InChI is InChI=1S/C19H12F4N2O3/c20-14-5-2-1-4-12(14)17(26)25-15-8-7-11(10-13(15)19(21,22)23)24-18(27)16-6-3-9-28-16/h1-10H,(H,24,27)(H,25,26). The summed E-state index contributed by atoms with van der Waals surface area (Å²) < 4.78 is 58.8. The molecule has 0 aliphatic carbocycles. The summed E-state index contributed by atoms with van der Waals surface area (Å²) in [6.45, 7) is 0. The minimum atomic E-state index is -4.83. The van der Waals surface area contributed by atoms with Gasteiger partial charge in [-0.2, -0.15) is 13.2 Å². The summed E-state index contributed by atoms with van der Waals surface area (Å²) in [5.41, 5.74) is -2.32. The van der Waals surface area contributed by atoms with Crippen molar-refractivity contribution in [2.75, 3.05) is 10.6 Å². The Bertz CT molecular complexity index is 1010. The average molecular weight is 392 g/mol. The molecule has 0 radical (unpaired) electrons. The summed E-state index contributed by atoms with van der Waals surface area (Å²) in [6, 6.07) is 10.5.